The fourth-order valence-electron chi connectivity index (χ4n) is 9.06. The molecular weight excluding hydrogens is 726 g/mol. The van der Waals surface area contributed by atoms with Gasteiger partial charge in [0, 0.05) is 72.7 Å². The van der Waals surface area contributed by atoms with Crippen molar-refractivity contribution >= 4 is 64.4 Å². The molecule has 0 radical (unpaired) electrons. The van der Waals surface area contributed by atoms with Gasteiger partial charge in [-0.3, -0.25) is 39.1 Å². The molecule has 284 valence electrons. The number of rotatable bonds is 7. The molecule has 0 bridgehead atoms. The number of hydrogen-bond acceptors (Lipinski definition) is 10. The first-order valence-electron chi connectivity index (χ1n) is 18.9. The largest absolute Gasteiger partial charge is 0.449 e. The fourth-order valence-corrected chi connectivity index (χ4v) is 9.38. The fraction of sp³-hybridized carbons (Fsp3) is 0.425. The molecule has 2 aromatic carbocycles. The summed E-state index contributed by atoms with van der Waals surface area (Å²) in [5.41, 5.74) is 3.88. The Morgan fingerprint density at radius 3 is 2.45 bits per heavy atom. The summed E-state index contributed by atoms with van der Waals surface area (Å²) in [6, 6.07) is 14.1. The number of nitrogens with zero attached hydrogens (tertiary/aromatic N) is 5. The number of ether oxygens (including phenoxy) is 1. The molecule has 9 rings (SSSR count). The molecule has 2 N–H and O–H groups in total. The molecule has 1 aromatic heterocycles. The van der Waals surface area contributed by atoms with Crippen LogP contribution in [0, 0.1) is 11.8 Å². The van der Waals surface area contributed by atoms with Gasteiger partial charge in [0.1, 0.15) is 18.4 Å². The number of piperidine rings is 2. The molecule has 3 saturated heterocycles. The first-order chi connectivity index (χ1) is 26.6. The van der Waals surface area contributed by atoms with Gasteiger partial charge in [-0.15, -0.1) is 0 Å². The molecular formula is C40H40ClN7O7. The van der Waals surface area contributed by atoms with Gasteiger partial charge in [0.05, 0.1) is 17.7 Å². The normalized spacial score (nSPS) is 24.2. The van der Waals surface area contributed by atoms with Crippen molar-refractivity contribution in [3.05, 3.63) is 82.0 Å². The van der Waals surface area contributed by atoms with Crippen LogP contribution in [0.2, 0.25) is 5.02 Å². The Bertz CT molecular complexity index is 2150. The quantitative estimate of drug-likeness (QED) is 0.337. The SMILES string of the molecule is O=C1CCC(N2C(=O)c3ccc(N4CCC(COC(=O)N5CCN(c6cccc(C7(C8CC8)CNc8nccc(Cl)c87)c6)C(=O)C5)CC4)cc3C2=O)C(=O)N1. The molecule has 2 unspecified atom stereocenters. The summed E-state index contributed by atoms with van der Waals surface area (Å²) in [4.78, 5) is 87.9. The zero-order valence-electron chi connectivity index (χ0n) is 30.1. The number of carbonyl (C=O) groups is 6. The molecule has 6 aliphatic rings. The van der Waals surface area contributed by atoms with Crippen molar-refractivity contribution in [3.8, 4) is 0 Å². The van der Waals surface area contributed by atoms with Crippen molar-refractivity contribution < 1.29 is 33.5 Å². The molecule has 2 atom stereocenters. The van der Waals surface area contributed by atoms with Crippen LogP contribution in [0.4, 0.5) is 22.0 Å². The lowest BCUT2D eigenvalue weighted by molar-refractivity contribution is -0.136. The number of aromatic nitrogens is 1. The predicted octanol–water partition coefficient (Wildman–Crippen LogP) is 3.96. The number of anilines is 3. The van der Waals surface area contributed by atoms with Crippen molar-refractivity contribution in [1.29, 1.82) is 0 Å². The minimum atomic E-state index is -1.01. The summed E-state index contributed by atoms with van der Waals surface area (Å²) >= 11 is 6.76. The highest BCUT2D eigenvalue weighted by Gasteiger charge is 2.53. The lowest BCUT2D eigenvalue weighted by atomic mass is 9.72. The van der Waals surface area contributed by atoms with E-state index in [-0.39, 0.29) is 54.4 Å². The molecule has 5 aliphatic heterocycles. The Kier molecular flexibility index (Phi) is 8.75. The van der Waals surface area contributed by atoms with Gasteiger partial charge in [-0.05, 0) is 85.9 Å². The summed E-state index contributed by atoms with van der Waals surface area (Å²) < 4.78 is 5.73. The van der Waals surface area contributed by atoms with Crippen molar-refractivity contribution in [3.63, 3.8) is 0 Å². The van der Waals surface area contributed by atoms with Crippen LogP contribution in [0.25, 0.3) is 0 Å². The maximum atomic E-state index is 13.5. The summed E-state index contributed by atoms with van der Waals surface area (Å²) in [5, 5.41) is 6.38. The third-order valence-corrected chi connectivity index (χ3v) is 12.5. The molecule has 1 aliphatic carbocycles. The van der Waals surface area contributed by atoms with Gasteiger partial charge < -0.3 is 19.9 Å². The predicted molar refractivity (Wildman–Crippen MR) is 201 cm³/mol. The van der Waals surface area contributed by atoms with Crippen LogP contribution in [0.3, 0.4) is 0 Å². The van der Waals surface area contributed by atoms with Crippen LogP contribution >= 0.6 is 11.6 Å². The van der Waals surface area contributed by atoms with Crippen molar-refractivity contribution in [2.24, 2.45) is 11.8 Å². The van der Waals surface area contributed by atoms with E-state index in [1.807, 2.05) is 18.2 Å². The highest BCUT2D eigenvalue weighted by molar-refractivity contribution is 6.32. The number of pyridine rings is 1. The topological polar surface area (TPSA) is 162 Å². The highest BCUT2D eigenvalue weighted by atomic mass is 35.5. The number of halogens is 1. The Labute approximate surface area is 322 Å². The Hall–Kier alpha value is -5.50. The van der Waals surface area contributed by atoms with Crippen LogP contribution in [0.5, 0.6) is 0 Å². The third kappa shape index (κ3) is 6.06. The molecule has 0 spiro atoms. The number of nitrogens with one attached hydrogen (secondary N) is 2. The van der Waals surface area contributed by atoms with E-state index in [9.17, 15) is 28.8 Å². The lowest BCUT2D eigenvalue weighted by Gasteiger charge is -2.36. The summed E-state index contributed by atoms with van der Waals surface area (Å²) in [6.07, 6.45) is 5.07. The minimum absolute atomic E-state index is 0.0633. The second-order valence-electron chi connectivity index (χ2n) is 15.3. The molecule has 14 nitrogen and oxygen atoms in total. The monoisotopic (exact) mass is 765 g/mol. The average Bonchev–Trinajstić information content (AvgIpc) is 3.93. The van der Waals surface area contributed by atoms with Crippen molar-refractivity contribution in [2.75, 3.05) is 61.0 Å². The van der Waals surface area contributed by atoms with E-state index in [0.29, 0.717) is 43.7 Å². The Morgan fingerprint density at radius 2 is 1.69 bits per heavy atom. The number of carbonyl (C=O) groups excluding carboxylic acids is 6. The van der Waals surface area contributed by atoms with E-state index in [1.165, 1.54) is 4.90 Å². The van der Waals surface area contributed by atoms with E-state index >= 15 is 0 Å². The Balaban J connectivity index is 0.781. The summed E-state index contributed by atoms with van der Waals surface area (Å²) in [5.74, 6) is -0.928. The molecule has 1 saturated carbocycles. The van der Waals surface area contributed by atoms with Crippen LogP contribution in [0.1, 0.15) is 70.4 Å². The maximum absolute atomic E-state index is 13.5. The van der Waals surface area contributed by atoms with Crippen LogP contribution in [-0.2, 0) is 24.5 Å². The molecule has 15 heteroatoms. The van der Waals surface area contributed by atoms with E-state index in [1.54, 1.807) is 29.3 Å². The highest BCUT2D eigenvalue weighted by Crippen LogP contribution is 2.57. The number of benzene rings is 2. The Morgan fingerprint density at radius 1 is 0.891 bits per heavy atom. The average molecular weight is 766 g/mol. The first kappa shape index (κ1) is 35.2. The molecule has 55 heavy (non-hydrogen) atoms. The van der Waals surface area contributed by atoms with Crippen LogP contribution in [-0.4, -0.2) is 102 Å². The number of amides is 6. The number of fused-ring (bicyclic) bond motifs is 2. The van der Waals surface area contributed by atoms with Crippen molar-refractivity contribution in [2.45, 2.75) is 50.0 Å². The standard InChI is InChI=1S/C40H40ClN7O7/c41-30-10-13-42-35-34(30)40(22-43-35,24-4-5-24)25-2-1-3-27(18-25)47-17-16-46(20-33(47)50)39(54)55-21-23-11-14-45(15-12-23)26-6-7-28-29(19-26)38(53)48(37(28)52)31-8-9-32(49)44-36(31)51/h1-3,6-7,10,13,18-19,23-24,31H,4-5,8-9,11-12,14-17,20-22H2,(H,42,43)(H,44,49,51). The van der Waals surface area contributed by atoms with Crippen LogP contribution in [0.15, 0.2) is 54.7 Å². The van der Waals surface area contributed by atoms with Gasteiger partial charge in [0.25, 0.3) is 11.8 Å². The van der Waals surface area contributed by atoms with Gasteiger partial charge in [-0.1, -0.05) is 23.7 Å². The van der Waals surface area contributed by atoms with E-state index in [0.717, 1.165) is 58.9 Å². The number of hydrogen-bond donors (Lipinski definition) is 2. The zero-order chi connectivity index (χ0) is 38.0. The van der Waals surface area contributed by atoms with Crippen molar-refractivity contribution in [1.82, 2.24) is 20.1 Å². The molecule has 6 heterocycles. The van der Waals surface area contributed by atoms with Gasteiger partial charge >= 0.3 is 6.09 Å². The molecule has 3 aromatic rings. The van der Waals surface area contributed by atoms with Crippen LogP contribution < -0.4 is 20.4 Å². The second-order valence-corrected chi connectivity index (χ2v) is 15.7. The summed E-state index contributed by atoms with van der Waals surface area (Å²) in [7, 11) is 0. The zero-order valence-corrected chi connectivity index (χ0v) is 30.8. The van der Waals surface area contributed by atoms with Gasteiger partial charge in [-0.2, -0.15) is 0 Å². The minimum Gasteiger partial charge on any atom is -0.449 e. The first-order valence-corrected chi connectivity index (χ1v) is 19.3. The molecule has 6 amide bonds. The number of imide groups is 2. The molecule has 4 fully saturated rings. The van der Waals surface area contributed by atoms with Gasteiger partial charge in [0.15, 0.2) is 0 Å². The smallest absolute Gasteiger partial charge is 0.410 e. The van der Waals surface area contributed by atoms with Gasteiger partial charge in [-0.25, -0.2) is 9.78 Å². The van der Waals surface area contributed by atoms with E-state index < -0.39 is 35.8 Å². The summed E-state index contributed by atoms with van der Waals surface area (Å²) in [6.45, 7) is 2.87. The van der Waals surface area contributed by atoms with Gasteiger partial charge in [0.2, 0.25) is 17.7 Å². The second kappa shape index (κ2) is 13.7. The lowest BCUT2D eigenvalue weighted by Crippen LogP contribution is -2.54. The third-order valence-electron chi connectivity index (χ3n) is 12.2. The number of piperazine rings is 1. The van der Waals surface area contributed by atoms with E-state index in [2.05, 4.69) is 32.7 Å². The maximum Gasteiger partial charge on any atom is 0.410 e. The van der Waals surface area contributed by atoms with E-state index in [4.69, 9.17) is 16.3 Å².